The Morgan fingerprint density at radius 1 is 1.47 bits per heavy atom. The quantitative estimate of drug-likeness (QED) is 0.776. The Bertz CT molecular complexity index is 283. The fraction of sp³-hybridized carbons (Fsp3) is 0.727. The van der Waals surface area contributed by atoms with Crippen LogP contribution < -0.4 is 5.32 Å². The van der Waals surface area contributed by atoms with Crippen molar-refractivity contribution in [3.63, 3.8) is 0 Å². The Balaban J connectivity index is 2.37. The number of rotatable bonds is 6. The van der Waals surface area contributed by atoms with E-state index in [0.29, 0.717) is 12.6 Å². The maximum absolute atomic E-state index is 5.62. The molecule has 4 heteroatoms. The summed E-state index contributed by atoms with van der Waals surface area (Å²) in [5.74, 6) is 0. The fourth-order valence-electron chi connectivity index (χ4n) is 1.32. The molecule has 1 N–H and O–H groups in total. The minimum atomic E-state index is 0.221. The Hall–Kier alpha value is -0.870. The molecule has 4 nitrogen and oxygen atoms in total. The van der Waals surface area contributed by atoms with E-state index in [0.717, 1.165) is 12.2 Å². The first kappa shape index (κ1) is 12.2. The van der Waals surface area contributed by atoms with Crippen molar-refractivity contribution in [2.45, 2.75) is 39.5 Å². The first-order valence-electron chi connectivity index (χ1n) is 5.43. The molecule has 0 aromatic carbocycles. The van der Waals surface area contributed by atoms with Crippen LogP contribution >= 0.6 is 0 Å². The third-order valence-electron chi connectivity index (χ3n) is 2.20. The zero-order valence-corrected chi connectivity index (χ0v) is 10.0. The molecule has 0 aliphatic heterocycles. The van der Waals surface area contributed by atoms with Crippen molar-refractivity contribution in [1.29, 1.82) is 0 Å². The number of nitrogens with zero attached hydrogens (tertiary/aromatic N) is 2. The number of hydrogen-bond acceptors (Lipinski definition) is 3. The van der Waals surface area contributed by atoms with Crippen LogP contribution in [0.3, 0.4) is 0 Å². The second-order valence-corrected chi connectivity index (χ2v) is 4.06. The third kappa shape index (κ3) is 4.01. The number of likely N-dealkylation sites (N-methyl/N-ethyl adjacent to an activating group) is 1. The summed E-state index contributed by atoms with van der Waals surface area (Å²) < 4.78 is 7.57. The molecule has 1 aromatic rings. The third-order valence-corrected chi connectivity index (χ3v) is 2.20. The molecule has 0 saturated carbocycles. The molecule has 0 amide bonds. The Labute approximate surface area is 91.6 Å². The van der Waals surface area contributed by atoms with Crippen LogP contribution in [0.15, 0.2) is 12.3 Å². The Kier molecular flexibility index (Phi) is 4.78. The van der Waals surface area contributed by atoms with Gasteiger partial charge in [0.2, 0.25) is 0 Å². The topological polar surface area (TPSA) is 39.1 Å². The van der Waals surface area contributed by atoms with E-state index in [9.17, 15) is 0 Å². The summed E-state index contributed by atoms with van der Waals surface area (Å²) in [6.07, 6.45) is 2.21. The van der Waals surface area contributed by atoms with Gasteiger partial charge >= 0.3 is 0 Å². The highest BCUT2D eigenvalue weighted by Gasteiger charge is 2.04. The van der Waals surface area contributed by atoms with E-state index >= 15 is 0 Å². The second-order valence-electron chi connectivity index (χ2n) is 4.06. The summed E-state index contributed by atoms with van der Waals surface area (Å²) in [6, 6.07) is 2.42. The van der Waals surface area contributed by atoms with Gasteiger partial charge in [0.1, 0.15) is 0 Å². The zero-order chi connectivity index (χ0) is 11.3. The summed E-state index contributed by atoms with van der Waals surface area (Å²) in [5, 5.41) is 7.49. The summed E-state index contributed by atoms with van der Waals surface area (Å²) >= 11 is 0. The van der Waals surface area contributed by atoms with Crippen LogP contribution in [0.5, 0.6) is 0 Å². The van der Waals surface area contributed by atoms with Gasteiger partial charge in [0, 0.05) is 18.8 Å². The Morgan fingerprint density at radius 2 is 2.20 bits per heavy atom. The van der Waals surface area contributed by atoms with Crippen LogP contribution in [0, 0.1) is 0 Å². The largest absolute Gasteiger partial charge is 0.371 e. The average molecular weight is 211 g/mol. The molecule has 0 aliphatic rings. The number of hydrogen-bond donors (Lipinski definition) is 1. The standard InChI is InChI=1S/C11H21N3O/c1-9(2)14-6-5-11(13-14)8-15-10(3)7-12-4/h5-6,9-10,12H,7-8H2,1-4H3. The van der Waals surface area contributed by atoms with Crippen LogP contribution in [-0.4, -0.2) is 29.5 Å². The van der Waals surface area contributed by atoms with Crippen LogP contribution in [0.2, 0.25) is 0 Å². The summed E-state index contributed by atoms with van der Waals surface area (Å²) in [5.41, 5.74) is 0.992. The molecule has 1 atom stereocenters. The van der Waals surface area contributed by atoms with Gasteiger partial charge in [-0.2, -0.15) is 5.10 Å². The SMILES string of the molecule is CNCC(C)OCc1ccn(C(C)C)n1. The summed E-state index contributed by atoms with van der Waals surface area (Å²) in [6.45, 7) is 7.73. The molecule has 0 saturated heterocycles. The van der Waals surface area contributed by atoms with Crippen LogP contribution in [0.1, 0.15) is 32.5 Å². The predicted octanol–water partition coefficient (Wildman–Crippen LogP) is 1.59. The lowest BCUT2D eigenvalue weighted by Crippen LogP contribution is -2.23. The zero-order valence-electron chi connectivity index (χ0n) is 10.0. The molecule has 0 fully saturated rings. The van der Waals surface area contributed by atoms with Gasteiger partial charge in [0.05, 0.1) is 18.4 Å². The van der Waals surface area contributed by atoms with E-state index < -0.39 is 0 Å². The lowest BCUT2D eigenvalue weighted by atomic mass is 10.4. The summed E-state index contributed by atoms with van der Waals surface area (Å²) in [4.78, 5) is 0. The minimum Gasteiger partial charge on any atom is -0.371 e. The van der Waals surface area contributed by atoms with Gasteiger partial charge in [-0.3, -0.25) is 4.68 Å². The van der Waals surface area contributed by atoms with E-state index in [2.05, 4.69) is 31.2 Å². The van der Waals surface area contributed by atoms with Gasteiger partial charge in [-0.1, -0.05) is 0 Å². The molecule has 1 rings (SSSR count). The number of ether oxygens (including phenoxy) is 1. The molecule has 15 heavy (non-hydrogen) atoms. The molecule has 0 aliphatic carbocycles. The van der Waals surface area contributed by atoms with Crippen molar-refractivity contribution in [3.05, 3.63) is 18.0 Å². The highest BCUT2D eigenvalue weighted by atomic mass is 16.5. The molecular formula is C11H21N3O. The van der Waals surface area contributed by atoms with Crippen molar-refractivity contribution in [2.24, 2.45) is 0 Å². The first-order valence-corrected chi connectivity index (χ1v) is 5.43. The monoisotopic (exact) mass is 211 g/mol. The van der Waals surface area contributed by atoms with Gasteiger partial charge in [0.25, 0.3) is 0 Å². The lowest BCUT2D eigenvalue weighted by molar-refractivity contribution is 0.0521. The molecule has 0 radical (unpaired) electrons. The highest BCUT2D eigenvalue weighted by molar-refractivity contribution is 4.97. The second kappa shape index (κ2) is 5.88. The van der Waals surface area contributed by atoms with E-state index in [4.69, 9.17) is 4.74 Å². The van der Waals surface area contributed by atoms with Crippen molar-refractivity contribution < 1.29 is 4.74 Å². The smallest absolute Gasteiger partial charge is 0.0910 e. The maximum atomic E-state index is 5.62. The first-order chi connectivity index (χ1) is 7.13. The van der Waals surface area contributed by atoms with Crippen molar-refractivity contribution >= 4 is 0 Å². The lowest BCUT2D eigenvalue weighted by Gasteiger charge is -2.11. The molecular weight excluding hydrogens is 190 g/mol. The van der Waals surface area contributed by atoms with E-state index in [1.54, 1.807) is 0 Å². The predicted molar refractivity (Wildman–Crippen MR) is 60.8 cm³/mol. The van der Waals surface area contributed by atoms with E-state index in [-0.39, 0.29) is 6.10 Å². The van der Waals surface area contributed by atoms with Gasteiger partial charge < -0.3 is 10.1 Å². The molecule has 86 valence electrons. The van der Waals surface area contributed by atoms with Crippen molar-refractivity contribution in [3.8, 4) is 0 Å². The van der Waals surface area contributed by atoms with E-state index in [1.165, 1.54) is 0 Å². The number of nitrogens with one attached hydrogen (secondary N) is 1. The highest BCUT2D eigenvalue weighted by Crippen LogP contribution is 2.06. The average Bonchev–Trinajstić information content (AvgIpc) is 2.63. The van der Waals surface area contributed by atoms with Crippen LogP contribution in [-0.2, 0) is 11.3 Å². The normalized spacial score (nSPS) is 13.4. The molecule has 1 unspecified atom stereocenters. The van der Waals surface area contributed by atoms with Gasteiger partial charge in [-0.15, -0.1) is 0 Å². The van der Waals surface area contributed by atoms with Crippen LogP contribution in [0.25, 0.3) is 0 Å². The Morgan fingerprint density at radius 3 is 2.73 bits per heavy atom. The van der Waals surface area contributed by atoms with Gasteiger partial charge in [0.15, 0.2) is 0 Å². The summed E-state index contributed by atoms with van der Waals surface area (Å²) in [7, 11) is 1.92. The number of aromatic nitrogens is 2. The van der Waals surface area contributed by atoms with Crippen molar-refractivity contribution in [1.82, 2.24) is 15.1 Å². The fourth-order valence-corrected chi connectivity index (χ4v) is 1.32. The maximum Gasteiger partial charge on any atom is 0.0910 e. The van der Waals surface area contributed by atoms with Crippen LogP contribution in [0.4, 0.5) is 0 Å². The van der Waals surface area contributed by atoms with Gasteiger partial charge in [-0.05, 0) is 33.9 Å². The minimum absolute atomic E-state index is 0.221. The van der Waals surface area contributed by atoms with Gasteiger partial charge in [-0.25, -0.2) is 0 Å². The molecule has 0 spiro atoms. The molecule has 1 aromatic heterocycles. The molecule has 0 bridgehead atoms. The van der Waals surface area contributed by atoms with E-state index in [1.807, 2.05) is 24.0 Å². The van der Waals surface area contributed by atoms with Crippen molar-refractivity contribution in [2.75, 3.05) is 13.6 Å². The molecule has 1 heterocycles.